The molecule has 2 nitrogen and oxygen atoms in total. The third kappa shape index (κ3) is 14.7. The molecule has 0 rings (SSSR count). The second kappa shape index (κ2) is 13.8. The first-order valence-electron chi connectivity index (χ1n) is 6.85. The molecule has 0 aliphatic rings. The zero-order chi connectivity index (χ0) is 13.5. The first-order chi connectivity index (χ1) is 8.77. The molecule has 0 unspecified atom stereocenters. The topological polar surface area (TPSA) is 26.3 Å². The first kappa shape index (κ1) is 16.7. The number of ether oxygens (including phenoxy) is 1. The minimum absolute atomic E-state index is 0.174. The predicted octanol–water partition coefficient (Wildman–Crippen LogP) is 4.58. The average Bonchev–Trinajstić information content (AvgIpc) is 2.34. The van der Waals surface area contributed by atoms with Crippen LogP contribution in [0.4, 0.5) is 0 Å². The van der Waals surface area contributed by atoms with Crippen molar-refractivity contribution in [1.29, 1.82) is 0 Å². The summed E-state index contributed by atoms with van der Waals surface area (Å²) in [5, 5.41) is 0. The van der Waals surface area contributed by atoms with Crippen LogP contribution in [0.5, 0.6) is 0 Å². The van der Waals surface area contributed by atoms with Gasteiger partial charge in [0.2, 0.25) is 0 Å². The van der Waals surface area contributed by atoms with Crippen molar-refractivity contribution in [3.8, 4) is 0 Å². The second-order valence-corrected chi connectivity index (χ2v) is 4.30. The summed E-state index contributed by atoms with van der Waals surface area (Å²) >= 11 is 0. The van der Waals surface area contributed by atoms with Crippen molar-refractivity contribution >= 4 is 5.97 Å². The van der Waals surface area contributed by atoms with E-state index >= 15 is 0 Å². The Kier molecular flexibility index (Phi) is 12.8. The number of unbranched alkanes of at least 4 members (excludes halogenated alkanes) is 6. The smallest absolute Gasteiger partial charge is 0.302 e. The van der Waals surface area contributed by atoms with Crippen molar-refractivity contribution in [3.63, 3.8) is 0 Å². The lowest BCUT2D eigenvalue weighted by molar-refractivity contribution is -0.141. The summed E-state index contributed by atoms with van der Waals surface area (Å²) in [4.78, 5) is 10.5. The van der Waals surface area contributed by atoms with Gasteiger partial charge in [-0.3, -0.25) is 4.79 Å². The molecule has 0 atom stereocenters. The zero-order valence-electron chi connectivity index (χ0n) is 11.6. The number of carbonyl (C=O) groups excluding carboxylic acids is 1. The molecule has 0 aliphatic heterocycles. The summed E-state index contributed by atoms with van der Waals surface area (Å²) in [5.41, 5.74) is 0. The van der Waals surface area contributed by atoms with Crippen LogP contribution in [0.3, 0.4) is 0 Å². The Morgan fingerprint density at radius 2 is 1.67 bits per heavy atom. The standard InChI is InChI=1S/C16H26O2/c1-3-4-5-6-7-8-9-10-11-12-13-14-15-18-16(2)17/h3-7H,1,8-15H2,2H3/b5-4+,7-6+. The van der Waals surface area contributed by atoms with Gasteiger partial charge in [0.1, 0.15) is 0 Å². The Bertz CT molecular complexity index is 264. The Balaban J connectivity index is 3.11. The Labute approximate surface area is 111 Å². The maximum Gasteiger partial charge on any atom is 0.302 e. The molecular weight excluding hydrogens is 224 g/mol. The number of carbonyl (C=O) groups is 1. The normalized spacial score (nSPS) is 11.2. The molecule has 0 saturated carbocycles. The van der Waals surface area contributed by atoms with Gasteiger partial charge in [-0.1, -0.05) is 62.6 Å². The van der Waals surface area contributed by atoms with E-state index in [1.807, 2.05) is 12.2 Å². The number of hydrogen-bond donors (Lipinski definition) is 0. The van der Waals surface area contributed by atoms with E-state index in [-0.39, 0.29) is 5.97 Å². The highest BCUT2D eigenvalue weighted by atomic mass is 16.5. The van der Waals surface area contributed by atoms with Crippen LogP contribution in [0.1, 0.15) is 51.9 Å². The van der Waals surface area contributed by atoms with E-state index in [0.717, 1.165) is 19.3 Å². The van der Waals surface area contributed by atoms with Gasteiger partial charge in [0.05, 0.1) is 6.61 Å². The highest BCUT2D eigenvalue weighted by molar-refractivity contribution is 5.65. The molecule has 102 valence electrons. The van der Waals surface area contributed by atoms with Gasteiger partial charge in [0, 0.05) is 6.92 Å². The molecule has 0 aromatic carbocycles. The molecule has 0 fully saturated rings. The fourth-order valence-electron chi connectivity index (χ4n) is 1.60. The highest BCUT2D eigenvalue weighted by Gasteiger charge is 1.93. The van der Waals surface area contributed by atoms with Crippen LogP contribution in [-0.2, 0) is 9.53 Å². The van der Waals surface area contributed by atoms with Gasteiger partial charge in [-0.2, -0.15) is 0 Å². The van der Waals surface area contributed by atoms with Crippen molar-refractivity contribution in [2.45, 2.75) is 51.9 Å². The molecule has 0 aromatic heterocycles. The van der Waals surface area contributed by atoms with Gasteiger partial charge in [0.15, 0.2) is 0 Å². The van der Waals surface area contributed by atoms with Crippen LogP contribution >= 0.6 is 0 Å². The van der Waals surface area contributed by atoms with Crippen LogP contribution in [0.15, 0.2) is 37.0 Å². The third-order valence-corrected chi connectivity index (χ3v) is 2.56. The van der Waals surface area contributed by atoms with E-state index < -0.39 is 0 Å². The van der Waals surface area contributed by atoms with E-state index in [1.54, 1.807) is 6.08 Å². The van der Waals surface area contributed by atoms with Crippen molar-refractivity contribution in [1.82, 2.24) is 0 Å². The van der Waals surface area contributed by atoms with Gasteiger partial charge in [-0.05, 0) is 19.3 Å². The van der Waals surface area contributed by atoms with E-state index in [4.69, 9.17) is 4.74 Å². The molecule has 0 amide bonds. The van der Waals surface area contributed by atoms with Crippen LogP contribution in [0, 0.1) is 0 Å². The number of rotatable bonds is 11. The molecule has 2 heteroatoms. The SMILES string of the molecule is C=C/C=C/C=C/CCCCCCCCOC(C)=O. The molecule has 0 spiro atoms. The lowest BCUT2D eigenvalue weighted by Gasteiger charge is -2.01. The van der Waals surface area contributed by atoms with E-state index in [9.17, 15) is 4.79 Å². The molecule has 0 heterocycles. The molecule has 0 saturated heterocycles. The number of allylic oxidation sites excluding steroid dienone is 5. The van der Waals surface area contributed by atoms with Crippen molar-refractivity contribution in [3.05, 3.63) is 37.0 Å². The monoisotopic (exact) mass is 250 g/mol. The summed E-state index contributed by atoms with van der Waals surface area (Å²) < 4.78 is 4.87. The van der Waals surface area contributed by atoms with Crippen LogP contribution in [0.25, 0.3) is 0 Å². The van der Waals surface area contributed by atoms with Gasteiger partial charge < -0.3 is 4.74 Å². The summed E-state index contributed by atoms with van der Waals surface area (Å²) in [7, 11) is 0. The van der Waals surface area contributed by atoms with Crippen molar-refractivity contribution in [2.24, 2.45) is 0 Å². The Hall–Kier alpha value is -1.31. The third-order valence-electron chi connectivity index (χ3n) is 2.56. The van der Waals surface area contributed by atoms with Crippen LogP contribution < -0.4 is 0 Å². The summed E-state index contributed by atoms with van der Waals surface area (Å²) in [5.74, 6) is -0.174. The van der Waals surface area contributed by atoms with Gasteiger partial charge in [-0.25, -0.2) is 0 Å². The molecule has 18 heavy (non-hydrogen) atoms. The second-order valence-electron chi connectivity index (χ2n) is 4.30. The Morgan fingerprint density at radius 3 is 2.33 bits per heavy atom. The fourth-order valence-corrected chi connectivity index (χ4v) is 1.60. The molecule has 0 aliphatic carbocycles. The molecular formula is C16H26O2. The molecule has 0 bridgehead atoms. The first-order valence-corrected chi connectivity index (χ1v) is 6.85. The average molecular weight is 250 g/mol. The predicted molar refractivity (Wildman–Crippen MR) is 77.4 cm³/mol. The lowest BCUT2D eigenvalue weighted by Crippen LogP contribution is -1.99. The minimum Gasteiger partial charge on any atom is -0.466 e. The van der Waals surface area contributed by atoms with Crippen LogP contribution in [-0.4, -0.2) is 12.6 Å². The zero-order valence-corrected chi connectivity index (χ0v) is 11.6. The minimum atomic E-state index is -0.174. The van der Waals surface area contributed by atoms with E-state index in [0.29, 0.717) is 6.61 Å². The molecule has 0 N–H and O–H groups in total. The summed E-state index contributed by atoms with van der Waals surface area (Å²) in [6.45, 7) is 5.64. The van der Waals surface area contributed by atoms with E-state index in [1.165, 1.54) is 32.6 Å². The van der Waals surface area contributed by atoms with Crippen molar-refractivity contribution in [2.75, 3.05) is 6.61 Å². The number of hydrogen-bond acceptors (Lipinski definition) is 2. The molecule has 0 radical (unpaired) electrons. The lowest BCUT2D eigenvalue weighted by atomic mass is 10.1. The largest absolute Gasteiger partial charge is 0.466 e. The van der Waals surface area contributed by atoms with Crippen molar-refractivity contribution < 1.29 is 9.53 Å². The maximum absolute atomic E-state index is 10.5. The highest BCUT2D eigenvalue weighted by Crippen LogP contribution is 2.07. The maximum atomic E-state index is 10.5. The molecule has 0 aromatic rings. The number of esters is 1. The quantitative estimate of drug-likeness (QED) is 0.305. The van der Waals surface area contributed by atoms with Gasteiger partial charge >= 0.3 is 5.97 Å². The van der Waals surface area contributed by atoms with E-state index in [2.05, 4.69) is 18.7 Å². The summed E-state index contributed by atoms with van der Waals surface area (Å²) in [6.07, 6.45) is 18.3. The van der Waals surface area contributed by atoms with Gasteiger partial charge in [0.25, 0.3) is 0 Å². The van der Waals surface area contributed by atoms with Crippen LogP contribution in [0.2, 0.25) is 0 Å². The van der Waals surface area contributed by atoms with Gasteiger partial charge in [-0.15, -0.1) is 0 Å². The fraction of sp³-hybridized carbons (Fsp3) is 0.562. The summed E-state index contributed by atoms with van der Waals surface area (Å²) in [6, 6.07) is 0. The Morgan fingerprint density at radius 1 is 1.00 bits per heavy atom.